The van der Waals surface area contributed by atoms with Crippen LogP contribution in [0.5, 0.6) is 5.75 Å². The number of anilines is 1. The zero-order valence-electron chi connectivity index (χ0n) is 17.7. The molecule has 0 radical (unpaired) electrons. The van der Waals surface area contributed by atoms with Crippen LogP contribution in [0.1, 0.15) is 39.4 Å². The van der Waals surface area contributed by atoms with Gasteiger partial charge in [-0.25, -0.2) is 4.79 Å². The number of furan rings is 1. The predicted octanol–water partition coefficient (Wildman–Crippen LogP) is 5.72. The van der Waals surface area contributed by atoms with Crippen molar-refractivity contribution in [2.24, 2.45) is 0 Å². The van der Waals surface area contributed by atoms with Gasteiger partial charge < -0.3 is 19.2 Å². The van der Waals surface area contributed by atoms with Gasteiger partial charge in [0.1, 0.15) is 21.8 Å². The number of para-hydroxylation sites is 1. The highest BCUT2D eigenvalue weighted by Crippen LogP contribution is 2.36. The van der Waals surface area contributed by atoms with Gasteiger partial charge in [-0.05, 0) is 49.4 Å². The largest absolute Gasteiger partial charge is 0.495 e. The van der Waals surface area contributed by atoms with E-state index in [0.29, 0.717) is 21.9 Å². The van der Waals surface area contributed by atoms with Gasteiger partial charge in [-0.3, -0.25) is 4.79 Å². The molecule has 164 valence electrons. The van der Waals surface area contributed by atoms with Crippen molar-refractivity contribution in [3.8, 4) is 5.75 Å². The van der Waals surface area contributed by atoms with Gasteiger partial charge in [0.05, 0.1) is 12.8 Å². The number of nitrogens with one attached hydrogen (secondary N) is 1. The van der Waals surface area contributed by atoms with Gasteiger partial charge in [-0.2, -0.15) is 0 Å². The van der Waals surface area contributed by atoms with E-state index in [-0.39, 0.29) is 6.61 Å². The van der Waals surface area contributed by atoms with Crippen LogP contribution >= 0.6 is 11.3 Å². The number of benzene rings is 2. The lowest BCUT2D eigenvalue weighted by atomic mass is 10.1. The molecule has 1 N–H and O–H groups in total. The van der Waals surface area contributed by atoms with Crippen LogP contribution in [0, 0.1) is 0 Å². The molecule has 32 heavy (non-hydrogen) atoms. The Morgan fingerprint density at radius 3 is 2.75 bits per heavy atom. The van der Waals surface area contributed by atoms with E-state index in [1.165, 1.54) is 28.2 Å². The zero-order chi connectivity index (χ0) is 22.1. The van der Waals surface area contributed by atoms with Gasteiger partial charge in [-0.15, -0.1) is 11.3 Å². The summed E-state index contributed by atoms with van der Waals surface area (Å²) < 4.78 is 16.6. The highest BCUT2D eigenvalue weighted by Gasteiger charge is 2.19. The van der Waals surface area contributed by atoms with Gasteiger partial charge in [-0.1, -0.05) is 24.6 Å². The molecule has 0 atom stereocenters. The zero-order valence-corrected chi connectivity index (χ0v) is 18.6. The molecule has 0 spiro atoms. The number of amides is 1. The van der Waals surface area contributed by atoms with Crippen LogP contribution in [0.2, 0.25) is 0 Å². The van der Waals surface area contributed by atoms with Crippen molar-refractivity contribution in [1.82, 2.24) is 0 Å². The molecule has 0 saturated carbocycles. The fourth-order valence-electron chi connectivity index (χ4n) is 4.17. The van der Waals surface area contributed by atoms with Crippen molar-refractivity contribution in [3.05, 3.63) is 57.8 Å². The van der Waals surface area contributed by atoms with Crippen LogP contribution in [0.15, 0.2) is 46.9 Å². The third-order valence-electron chi connectivity index (χ3n) is 5.76. The lowest BCUT2D eigenvalue weighted by molar-refractivity contribution is -0.119. The number of hydrogen-bond acceptors (Lipinski definition) is 6. The molecule has 2 heterocycles. The molecule has 2 aromatic carbocycles. The van der Waals surface area contributed by atoms with Crippen LogP contribution in [0.3, 0.4) is 0 Å². The van der Waals surface area contributed by atoms with E-state index < -0.39 is 11.9 Å². The molecule has 1 aliphatic rings. The first-order chi connectivity index (χ1) is 15.6. The molecule has 5 rings (SSSR count). The number of thiophene rings is 1. The maximum Gasteiger partial charge on any atom is 0.348 e. The van der Waals surface area contributed by atoms with E-state index in [4.69, 9.17) is 13.9 Å². The van der Waals surface area contributed by atoms with Crippen molar-refractivity contribution >= 4 is 50.8 Å². The van der Waals surface area contributed by atoms with Gasteiger partial charge >= 0.3 is 5.97 Å². The molecule has 0 aliphatic heterocycles. The second-order valence-electron chi connectivity index (χ2n) is 7.89. The Labute approximate surface area is 189 Å². The average molecular weight is 450 g/mol. The summed E-state index contributed by atoms with van der Waals surface area (Å²) in [5.74, 6) is -0.395. The summed E-state index contributed by atoms with van der Waals surface area (Å²) in [5.41, 5.74) is 3.10. The summed E-state index contributed by atoms with van der Waals surface area (Å²) >= 11 is 1.48. The minimum absolute atomic E-state index is 0.372. The van der Waals surface area contributed by atoms with Gasteiger partial charge in [0.15, 0.2) is 6.61 Å². The van der Waals surface area contributed by atoms with Crippen molar-refractivity contribution in [3.63, 3.8) is 0 Å². The lowest BCUT2D eigenvalue weighted by Crippen LogP contribution is -2.21. The normalized spacial score (nSPS) is 13.5. The van der Waals surface area contributed by atoms with Crippen molar-refractivity contribution in [2.45, 2.75) is 32.1 Å². The molecule has 6 nitrogen and oxygen atoms in total. The topological polar surface area (TPSA) is 77.8 Å². The Morgan fingerprint density at radius 1 is 1.03 bits per heavy atom. The Balaban J connectivity index is 1.28. The maximum absolute atomic E-state index is 12.5. The Hall–Kier alpha value is -3.32. The molecule has 7 heteroatoms. The monoisotopic (exact) mass is 449 g/mol. The number of methoxy groups -OCH3 is 1. The van der Waals surface area contributed by atoms with E-state index in [2.05, 4.69) is 5.32 Å². The number of ether oxygens (including phenoxy) is 2. The molecule has 4 aromatic rings. The third-order valence-corrected chi connectivity index (χ3v) is 6.97. The van der Waals surface area contributed by atoms with Crippen molar-refractivity contribution < 1.29 is 23.5 Å². The fraction of sp³-hybridized carbons (Fsp3) is 0.280. The molecule has 1 amide bonds. The van der Waals surface area contributed by atoms with E-state index >= 15 is 0 Å². The molecule has 0 bridgehead atoms. The number of carbonyl (C=O) groups is 2. The SMILES string of the molecule is COc1cc2c(cc1NC(=O)COC(=O)c1cc3c(s1)CCCCC3)oc1ccccc12. The Kier molecular flexibility index (Phi) is 5.57. The fourth-order valence-corrected chi connectivity index (χ4v) is 5.32. The summed E-state index contributed by atoms with van der Waals surface area (Å²) in [7, 11) is 1.54. The third kappa shape index (κ3) is 3.96. The maximum atomic E-state index is 12.5. The molecular weight excluding hydrogens is 426 g/mol. The van der Waals surface area contributed by atoms with Gasteiger partial charge in [0.25, 0.3) is 5.91 Å². The minimum Gasteiger partial charge on any atom is -0.495 e. The minimum atomic E-state index is -0.460. The summed E-state index contributed by atoms with van der Waals surface area (Å²) in [5, 5.41) is 4.64. The number of rotatable bonds is 5. The predicted molar refractivity (Wildman–Crippen MR) is 125 cm³/mol. The second-order valence-corrected chi connectivity index (χ2v) is 9.03. The van der Waals surface area contributed by atoms with Gasteiger partial charge in [0.2, 0.25) is 0 Å². The van der Waals surface area contributed by atoms with E-state index in [0.717, 1.165) is 42.0 Å². The second kappa shape index (κ2) is 8.67. The van der Waals surface area contributed by atoms with Crippen LogP contribution in [0.4, 0.5) is 5.69 Å². The number of aryl methyl sites for hydroxylation is 2. The van der Waals surface area contributed by atoms with E-state index in [9.17, 15) is 9.59 Å². The highest BCUT2D eigenvalue weighted by atomic mass is 32.1. The van der Waals surface area contributed by atoms with Gasteiger partial charge in [0, 0.05) is 21.7 Å². The Morgan fingerprint density at radius 2 is 1.88 bits per heavy atom. The van der Waals surface area contributed by atoms with Crippen LogP contribution in [0.25, 0.3) is 21.9 Å². The van der Waals surface area contributed by atoms with Crippen molar-refractivity contribution in [2.75, 3.05) is 19.0 Å². The molecule has 0 saturated heterocycles. The quantitative estimate of drug-likeness (QED) is 0.311. The number of fused-ring (bicyclic) bond motifs is 4. The molecule has 0 unspecified atom stereocenters. The summed E-state index contributed by atoms with van der Waals surface area (Å²) in [6, 6.07) is 13.2. The smallest absolute Gasteiger partial charge is 0.348 e. The number of esters is 1. The van der Waals surface area contributed by atoms with Crippen molar-refractivity contribution in [1.29, 1.82) is 0 Å². The molecule has 0 fully saturated rings. The molecule has 2 aromatic heterocycles. The Bertz CT molecular complexity index is 1300. The van der Waals surface area contributed by atoms with Crippen LogP contribution in [-0.4, -0.2) is 25.6 Å². The molecule has 1 aliphatic carbocycles. The van der Waals surface area contributed by atoms with E-state index in [1.54, 1.807) is 13.2 Å². The number of carbonyl (C=O) groups excluding carboxylic acids is 2. The first-order valence-corrected chi connectivity index (χ1v) is 11.5. The summed E-state index contributed by atoms with van der Waals surface area (Å²) in [6.45, 7) is -0.372. The lowest BCUT2D eigenvalue weighted by Gasteiger charge is -2.10. The summed E-state index contributed by atoms with van der Waals surface area (Å²) in [4.78, 5) is 26.8. The van der Waals surface area contributed by atoms with E-state index in [1.807, 2.05) is 36.4 Å². The highest BCUT2D eigenvalue weighted by molar-refractivity contribution is 7.14. The standard InChI is InChI=1S/C25H23NO5S/c1-29-21-12-17-16-8-5-6-9-19(16)31-20(17)13-18(21)26-24(27)14-30-25(28)23-11-15-7-3-2-4-10-22(15)32-23/h5-6,8-9,11-13H,2-4,7,10,14H2,1H3,(H,26,27). The number of hydrogen-bond donors (Lipinski definition) is 1. The first kappa shape index (κ1) is 20.6. The molecular formula is C25H23NO5S. The van der Waals surface area contributed by atoms with Crippen LogP contribution < -0.4 is 10.1 Å². The average Bonchev–Trinajstić information content (AvgIpc) is 3.30. The first-order valence-electron chi connectivity index (χ1n) is 10.7. The summed E-state index contributed by atoms with van der Waals surface area (Å²) in [6.07, 6.45) is 5.55. The van der Waals surface area contributed by atoms with Crippen LogP contribution in [-0.2, 0) is 22.4 Å².